The molecule has 1 fully saturated rings. The normalized spacial score (nSPS) is 13.7. The number of carbonyl (C=O) groups is 2. The first-order chi connectivity index (χ1) is 13.7. The number of hydrogen-bond donors (Lipinski definition) is 3. The number of nitrogens with one attached hydrogen (secondary N) is 3. The summed E-state index contributed by atoms with van der Waals surface area (Å²) in [6.45, 7) is 1.33. The second kappa shape index (κ2) is 8.71. The van der Waals surface area contributed by atoms with E-state index in [0.717, 1.165) is 24.5 Å². The molecule has 7 nitrogen and oxygen atoms in total. The van der Waals surface area contributed by atoms with Gasteiger partial charge in [0.1, 0.15) is 5.82 Å². The van der Waals surface area contributed by atoms with Crippen LogP contribution in [0.3, 0.4) is 0 Å². The fraction of sp³-hybridized carbons (Fsp3) is 0.300. The van der Waals surface area contributed by atoms with Crippen molar-refractivity contribution in [2.45, 2.75) is 43.5 Å². The lowest BCUT2D eigenvalue weighted by Crippen LogP contribution is -2.25. The Morgan fingerprint density at radius 1 is 1.07 bits per heavy atom. The maximum Gasteiger partial charge on any atom is 0.240 e. The van der Waals surface area contributed by atoms with E-state index in [1.54, 1.807) is 12.1 Å². The highest BCUT2D eigenvalue weighted by Gasteiger charge is 2.27. The maximum absolute atomic E-state index is 13.9. The lowest BCUT2D eigenvalue weighted by Gasteiger charge is -2.10. The molecule has 2 aromatic carbocycles. The van der Waals surface area contributed by atoms with E-state index in [-0.39, 0.29) is 29.0 Å². The van der Waals surface area contributed by atoms with E-state index in [1.807, 2.05) is 0 Å². The van der Waals surface area contributed by atoms with E-state index in [9.17, 15) is 22.4 Å². The van der Waals surface area contributed by atoms with Crippen molar-refractivity contribution < 1.29 is 22.4 Å². The Balaban J connectivity index is 1.56. The molecule has 29 heavy (non-hydrogen) atoms. The molecule has 0 saturated heterocycles. The first kappa shape index (κ1) is 20.9. The van der Waals surface area contributed by atoms with Gasteiger partial charge in [-0.3, -0.25) is 9.59 Å². The van der Waals surface area contributed by atoms with Crippen molar-refractivity contribution in [2.75, 3.05) is 10.6 Å². The van der Waals surface area contributed by atoms with E-state index in [0.29, 0.717) is 12.1 Å². The van der Waals surface area contributed by atoms with Crippen molar-refractivity contribution in [3.05, 3.63) is 53.8 Å². The molecule has 2 amide bonds. The Kier molecular flexibility index (Phi) is 6.29. The van der Waals surface area contributed by atoms with Crippen molar-refractivity contribution in [2.24, 2.45) is 0 Å². The highest BCUT2D eigenvalue weighted by atomic mass is 32.2. The summed E-state index contributed by atoms with van der Waals surface area (Å²) >= 11 is 0. The summed E-state index contributed by atoms with van der Waals surface area (Å²) in [5.41, 5.74) is 1.15. The van der Waals surface area contributed by atoms with Crippen LogP contribution in [0.25, 0.3) is 0 Å². The molecule has 1 saturated carbocycles. The lowest BCUT2D eigenvalue weighted by atomic mass is 10.1. The van der Waals surface area contributed by atoms with Gasteiger partial charge in [0.2, 0.25) is 21.8 Å². The van der Waals surface area contributed by atoms with Crippen molar-refractivity contribution >= 4 is 33.2 Å². The van der Waals surface area contributed by atoms with Crippen LogP contribution in [0.5, 0.6) is 0 Å². The molecule has 154 valence electrons. The molecule has 0 unspecified atom stereocenters. The van der Waals surface area contributed by atoms with Crippen molar-refractivity contribution in [1.82, 2.24) is 4.72 Å². The number of sulfonamides is 1. The third kappa shape index (κ3) is 6.10. The number of aryl methyl sites for hydroxylation is 1. The fourth-order valence-electron chi connectivity index (χ4n) is 2.70. The topological polar surface area (TPSA) is 104 Å². The molecule has 0 radical (unpaired) electrons. The minimum atomic E-state index is -3.50. The van der Waals surface area contributed by atoms with Gasteiger partial charge < -0.3 is 10.6 Å². The minimum absolute atomic E-state index is 0.0196. The summed E-state index contributed by atoms with van der Waals surface area (Å²) in [6.07, 6.45) is 2.19. The number of carbonyl (C=O) groups excluding carboxylic acids is 2. The first-order valence-corrected chi connectivity index (χ1v) is 10.7. The smallest absolute Gasteiger partial charge is 0.240 e. The quantitative estimate of drug-likeness (QED) is 0.612. The SMILES string of the molecule is CC(=O)Nc1ccc(F)c(NC(=O)CCc2ccc(S(=O)(=O)NC3CC3)cc2)c1. The van der Waals surface area contributed by atoms with Gasteiger partial charge in [-0.05, 0) is 55.2 Å². The van der Waals surface area contributed by atoms with E-state index in [1.165, 1.54) is 31.2 Å². The van der Waals surface area contributed by atoms with E-state index in [4.69, 9.17) is 0 Å². The number of halogens is 1. The highest BCUT2D eigenvalue weighted by Crippen LogP contribution is 2.23. The predicted octanol–water partition coefficient (Wildman–Crippen LogP) is 2.80. The Labute approximate surface area is 168 Å². The second-order valence-electron chi connectivity index (χ2n) is 6.96. The summed E-state index contributed by atoms with van der Waals surface area (Å²) < 4.78 is 40.8. The maximum atomic E-state index is 13.9. The van der Waals surface area contributed by atoms with E-state index in [2.05, 4.69) is 15.4 Å². The van der Waals surface area contributed by atoms with Gasteiger partial charge in [0.15, 0.2) is 0 Å². The van der Waals surface area contributed by atoms with Crippen LogP contribution in [0.15, 0.2) is 47.4 Å². The van der Waals surface area contributed by atoms with Gasteiger partial charge in [0.05, 0.1) is 10.6 Å². The van der Waals surface area contributed by atoms with Gasteiger partial charge in [-0.2, -0.15) is 0 Å². The number of anilines is 2. The molecule has 9 heteroatoms. The first-order valence-electron chi connectivity index (χ1n) is 9.21. The van der Waals surface area contributed by atoms with Crippen molar-refractivity contribution in [3.8, 4) is 0 Å². The zero-order valence-corrected chi connectivity index (χ0v) is 16.7. The zero-order chi connectivity index (χ0) is 21.0. The molecule has 1 aliphatic carbocycles. The zero-order valence-electron chi connectivity index (χ0n) is 15.9. The molecule has 3 rings (SSSR count). The van der Waals surface area contributed by atoms with Crippen LogP contribution >= 0.6 is 0 Å². The largest absolute Gasteiger partial charge is 0.326 e. The third-order valence-electron chi connectivity index (χ3n) is 4.33. The summed E-state index contributed by atoms with van der Waals surface area (Å²) in [5, 5.41) is 5.01. The summed E-state index contributed by atoms with van der Waals surface area (Å²) in [7, 11) is -3.50. The van der Waals surface area contributed by atoms with Gasteiger partial charge in [-0.1, -0.05) is 12.1 Å². The number of amides is 2. The van der Waals surface area contributed by atoms with Crippen molar-refractivity contribution in [1.29, 1.82) is 0 Å². The summed E-state index contributed by atoms with van der Waals surface area (Å²) in [5.74, 6) is -1.30. The lowest BCUT2D eigenvalue weighted by molar-refractivity contribution is -0.116. The Hall–Kier alpha value is -2.78. The van der Waals surface area contributed by atoms with Gasteiger partial charge in [-0.25, -0.2) is 17.5 Å². The van der Waals surface area contributed by atoms with Crippen molar-refractivity contribution in [3.63, 3.8) is 0 Å². The molecule has 0 aromatic heterocycles. The van der Waals surface area contributed by atoms with Gasteiger partial charge in [0.25, 0.3) is 0 Å². The van der Waals surface area contributed by atoms with E-state index >= 15 is 0 Å². The van der Waals surface area contributed by atoms with Gasteiger partial charge in [-0.15, -0.1) is 0 Å². The standard InChI is InChI=1S/C20H22FN3O4S/c1-13(25)22-16-7-10-18(21)19(12-16)23-20(26)11-4-14-2-8-17(9-3-14)29(27,28)24-15-5-6-15/h2-3,7-10,12,15,24H,4-6,11H2,1H3,(H,22,25)(H,23,26). The molecule has 2 aromatic rings. The molecule has 1 aliphatic rings. The molecule has 0 aliphatic heterocycles. The number of rotatable bonds is 8. The van der Waals surface area contributed by atoms with Crippen LogP contribution in [-0.4, -0.2) is 26.3 Å². The number of benzene rings is 2. The second-order valence-corrected chi connectivity index (χ2v) is 8.68. The molecular weight excluding hydrogens is 397 g/mol. The Bertz CT molecular complexity index is 1020. The fourth-order valence-corrected chi connectivity index (χ4v) is 4.00. The summed E-state index contributed by atoms with van der Waals surface area (Å²) in [6, 6.07) is 10.3. The average Bonchev–Trinajstić information content (AvgIpc) is 3.46. The molecule has 0 spiro atoms. The Morgan fingerprint density at radius 3 is 2.38 bits per heavy atom. The third-order valence-corrected chi connectivity index (χ3v) is 5.87. The number of hydrogen-bond acceptors (Lipinski definition) is 4. The molecule has 3 N–H and O–H groups in total. The molecule has 0 heterocycles. The van der Waals surface area contributed by atoms with Crippen LogP contribution in [0.2, 0.25) is 0 Å². The monoisotopic (exact) mass is 419 g/mol. The van der Waals surface area contributed by atoms with Crippen LogP contribution in [0.4, 0.5) is 15.8 Å². The average molecular weight is 419 g/mol. The van der Waals surface area contributed by atoms with E-state index < -0.39 is 21.7 Å². The predicted molar refractivity (Wildman–Crippen MR) is 107 cm³/mol. The highest BCUT2D eigenvalue weighted by molar-refractivity contribution is 7.89. The van der Waals surface area contributed by atoms with Crippen LogP contribution in [-0.2, 0) is 26.0 Å². The minimum Gasteiger partial charge on any atom is -0.326 e. The van der Waals surface area contributed by atoms with Crippen LogP contribution in [0.1, 0.15) is 31.7 Å². The van der Waals surface area contributed by atoms with Crippen LogP contribution in [0, 0.1) is 5.82 Å². The Morgan fingerprint density at radius 2 is 1.76 bits per heavy atom. The molecule has 0 bridgehead atoms. The van der Waals surface area contributed by atoms with Gasteiger partial charge >= 0.3 is 0 Å². The van der Waals surface area contributed by atoms with Crippen LogP contribution < -0.4 is 15.4 Å². The summed E-state index contributed by atoms with van der Waals surface area (Å²) in [4.78, 5) is 23.4. The van der Waals surface area contributed by atoms with Gasteiger partial charge in [0, 0.05) is 25.1 Å². The molecule has 0 atom stereocenters. The molecular formula is C20H22FN3O4S.